The molecule has 0 bridgehead atoms. The standard InChI is InChI=1S/C18H26O4/c1-5-7-9-13-11-12-15(17(19)21-3)14(10-8-6-2)16(13)18(20)22-4/h11-12H,5-10H2,1-4H3. The largest absolute Gasteiger partial charge is 0.465 e. The number of esters is 2. The molecular formula is C18H26O4. The van der Waals surface area contributed by atoms with E-state index < -0.39 is 5.97 Å². The molecule has 4 nitrogen and oxygen atoms in total. The van der Waals surface area contributed by atoms with Crippen molar-refractivity contribution in [1.82, 2.24) is 0 Å². The van der Waals surface area contributed by atoms with E-state index in [4.69, 9.17) is 9.47 Å². The molecule has 1 aromatic rings. The number of benzene rings is 1. The van der Waals surface area contributed by atoms with Gasteiger partial charge in [-0.1, -0.05) is 32.8 Å². The Bertz CT molecular complexity index is 520. The quantitative estimate of drug-likeness (QED) is 0.682. The summed E-state index contributed by atoms with van der Waals surface area (Å²) in [5, 5.41) is 0. The van der Waals surface area contributed by atoms with Gasteiger partial charge < -0.3 is 9.47 Å². The summed E-state index contributed by atoms with van der Waals surface area (Å²) >= 11 is 0. The summed E-state index contributed by atoms with van der Waals surface area (Å²) in [6.45, 7) is 4.19. The number of carbonyl (C=O) groups excluding carboxylic acids is 2. The average Bonchev–Trinajstić information content (AvgIpc) is 2.56. The molecule has 0 heterocycles. The van der Waals surface area contributed by atoms with Gasteiger partial charge in [0.25, 0.3) is 0 Å². The van der Waals surface area contributed by atoms with Crippen LogP contribution in [0, 0.1) is 0 Å². The van der Waals surface area contributed by atoms with Crippen molar-refractivity contribution in [2.75, 3.05) is 14.2 Å². The van der Waals surface area contributed by atoms with Crippen LogP contribution < -0.4 is 0 Å². The van der Waals surface area contributed by atoms with E-state index in [-0.39, 0.29) is 5.97 Å². The highest BCUT2D eigenvalue weighted by Crippen LogP contribution is 2.25. The van der Waals surface area contributed by atoms with E-state index in [0.717, 1.165) is 43.2 Å². The second kappa shape index (κ2) is 9.23. The van der Waals surface area contributed by atoms with Crippen molar-refractivity contribution >= 4 is 11.9 Å². The monoisotopic (exact) mass is 306 g/mol. The molecule has 0 aliphatic rings. The predicted octanol–water partition coefficient (Wildman–Crippen LogP) is 3.95. The minimum Gasteiger partial charge on any atom is -0.465 e. The normalized spacial score (nSPS) is 10.4. The lowest BCUT2D eigenvalue weighted by Crippen LogP contribution is -2.15. The minimum atomic E-state index is -0.404. The molecule has 0 saturated carbocycles. The van der Waals surface area contributed by atoms with Crippen LogP contribution in [0.3, 0.4) is 0 Å². The number of hydrogen-bond acceptors (Lipinski definition) is 4. The van der Waals surface area contributed by atoms with Crippen molar-refractivity contribution in [2.45, 2.75) is 52.4 Å². The zero-order chi connectivity index (χ0) is 16.5. The molecule has 0 atom stereocenters. The number of unbranched alkanes of at least 4 members (excludes halogenated alkanes) is 2. The van der Waals surface area contributed by atoms with Crippen molar-refractivity contribution < 1.29 is 19.1 Å². The maximum Gasteiger partial charge on any atom is 0.338 e. The third-order valence-electron chi connectivity index (χ3n) is 3.77. The highest BCUT2D eigenvalue weighted by molar-refractivity contribution is 5.99. The molecule has 0 aliphatic carbocycles. The van der Waals surface area contributed by atoms with Gasteiger partial charge in [-0.2, -0.15) is 0 Å². The summed E-state index contributed by atoms with van der Waals surface area (Å²) < 4.78 is 9.81. The van der Waals surface area contributed by atoms with Crippen LogP contribution in [-0.2, 0) is 22.3 Å². The smallest absolute Gasteiger partial charge is 0.338 e. The number of methoxy groups -OCH3 is 2. The topological polar surface area (TPSA) is 52.6 Å². The van der Waals surface area contributed by atoms with Gasteiger partial charge in [-0.15, -0.1) is 0 Å². The Hall–Kier alpha value is -1.84. The molecule has 122 valence electrons. The fourth-order valence-corrected chi connectivity index (χ4v) is 2.54. The highest BCUT2D eigenvalue weighted by Gasteiger charge is 2.23. The SMILES string of the molecule is CCCCc1ccc(C(=O)OC)c(CCCC)c1C(=O)OC. The van der Waals surface area contributed by atoms with E-state index in [1.807, 2.05) is 6.07 Å². The Balaban J connectivity index is 3.43. The Morgan fingerprint density at radius 1 is 0.909 bits per heavy atom. The van der Waals surface area contributed by atoms with Crippen LogP contribution in [-0.4, -0.2) is 26.2 Å². The van der Waals surface area contributed by atoms with Gasteiger partial charge in [0.1, 0.15) is 0 Å². The molecule has 1 rings (SSSR count). The Labute approximate surface area is 132 Å². The zero-order valence-electron chi connectivity index (χ0n) is 14.0. The predicted molar refractivity (Wildman–Crippen MR) is 86.3 cm³/mol. The van der Waals surface area contributed by atoms with Crippen molar-refractivity contribution in [3.63, 3.8) is 0 Å². The Morgan fingerprint density at radius 3 is 2.05 bits per heavy atom. The van der Waals surface area contributed by atoms with Gasteiger partial charge in [-0.25, -0.2) is 9.59 Å². The number of aryl methyl sites for hydroxylation is 1. The van der Waals surface area contributed by atoms with Crippen LogP contribution in [0.4, 0.5) is 0 Å². The fraction of sp³-hybridized carbons (Fsp3) is 0.556. The van der Waals surface area contributed by atoms with Crippen molar-refractivity contribution in [2.24, 2.45) is 0 Å². The van der Waals surface area contributed by atoms with Gasteiger partial charge >= 0.3 is 11.9 Å². The molecule has 0 N–H and O–H groups in total. The maximum atomic E-state index is 12.3. The molecule has 4 heteroatoms. The van der Waals surface area contributed by atoms with Crippen molar-refractivity contribution in [3.8, 4) is 0 Å². The van der Waals surface area contributed by atoms with Crippen LogP contribution >= 0.6 is 0 Å². The van der Waals surface area contributed by atoms with Crippen molar-refractivity contribution in [3.05, 3.63) is 34.4 Å². The summed E-state index contributed by atoms with van der Waals surface area (Å²) in [5.74, 6) is -0.777. The van der Waals surface area contributed by atoms with Gasteiger partial charge in [0, 0.05) is 0 Å². The summed E-state index contributed by atoms with van der Waals surface area (Å²) in [6, 6.07) is 3.62. The first-order chi connectivity index (χ1) is 10.6. The molecule has 0 spiro atoms. The molecular weight excluding hydrogens is 280 g/mol. The second-order valence-corrected chi connectivity index (χ2v) is 5.32. The Kier molecular flexibility index (Phi) is 7.64. The molecule has 0 saturated heterocycles. The van der Waals surface area contributed by atoms with Crippen LogP contribution in [0.2, 0.25) is 0 Å². The lowest BCUT2D eigenvalue weighted by molar-refractivity contribution is 0.0595. The number of rotatable bonds is 8. The van der Waals surface area contributed by atoms with E-state index in [2.05, 4.69) is 13.8 Å². The lowest BCUT2D eigenvalue weighted by atomic mass is 9.90. The Morgan fingerprint density at radius 2 is 1.50 bits per heavy atom. The first-order valence-corrected chi connectivity index (χ1v) is 7.91. The van der Waals surface area contributed by atoms with Crippen LogP contribution in [0.5, 0.6) is 0 Å². The van der Waals surface area contributed by atoms with Crippen LogP contribution in [0.15, 0.2) is 12.1 Å². The minimum absolute atomic E-state index is 0.372. The molecule has 0 fully saturated rings. The summed E-state index contributed by atoms with van der Waals surface area (Å²) in [5.41, 5.74) is 2.73. The van der Waals surface area contributed by atoms with Crippen molar-refractivity contribution in [1.29, 1.82) is 0 Å². The average molecular weight is 306 g/mol. The molecule has 0 aliphatic heterocycles. The first-order valence-electron chi connectivity index (χ1n) is 7.91. The zero-order valence-corrected chi connectivity index (χ0v) is 14.0. The van der Waals surface area contributed by atoms with Gasteiger partial charge in [-0.3, -0.25) is 0 Å². The fourth-order valence-electron chi connectivity index (χ4n) is 2.54. The van der Waals surface area contributed by atoms with Gasteiger partial charge in [0.15, 0.2) is 0 Å². The van der Waals surface area contributed by atoms with E-state index in [1.165, 1.54) is 14.2 Å². The molecule has 0 unspecified atom stereocenters. The maximum absolute atomic E-state index is 12.3. The van der Waals surface area contributed by atoms with Gasteiger partial charge in [0.2, 0.25) is 0 Å². The van der Waals surface area contributed by atoms with E-state index >= 15 is 0 Å². The third-order valence-corrected chi connectivity index (χ3v) is 3.77. The molecule has 0 radical (unpaired) electrons. The van der Waals surface area contributed by atoms with Gasteiger partial charge in [0.05, 0.1) is 25.3 Å². The molecule has 1 aromatic carbocycles. The summed E-state index contributed by atoms with van der Waals surface area (Å²) in [4.78, 5) is 24.3. The van der Waals surface area contributed by atoms with Crippen LogP contribution in [0.25, 0.3) is 0 Å². The van der Waals surface area contributed by atoms with E-state index in [0.29, 0.717) is 17.5 Å². The highest BCUT2D eigenvalue weighted by atomic mass is 16.5. The summed E-state index contributed by atoms with van der Waals surface area (Å²) in [6.07, 6.45) is 5.41. The van der Waals surface area contributed by atoms with E-state index in [9.17, 15) is 9.59 Å². The first kappa shape index (κ1) is 18.2. The number of hydrogen-bond donors (Lipinski definition) is 0. The van der Waals surface area contributed by atoms with Gasteiger partial charge in [-0.05, 0) is 42.9 Å². The lowest BCUT2D eigenvalue weighted by Gasteiger charge is -2.16. The molecule has 22 heavy (non-hydrogen) atoms. The van der Waals surface area contributed by atoms with Crippen LogP contribution in [0.1, 0.15) is 71.4 Å². The number of ether oxygens (including phenoxy) is 2. The second-order valence-electron chi connectivity index (χ2n) is 5.32. The molecule has 0 aromatic heterocycles. The number of carbonyl (C=O) groups is 2. The van der Waals surface area contributed by atoms with E-state index in [1.54, 1.807) is 6.07 Å². The third kappa shape index (κ3) is 4.33. The molecule has 0 amide bonds. The summed E-state index contributed by atoms with van der Waals surface area (Å²) in [7, 11) is 2.73.